The van der Waals surface area contributed by atoms with Crippen LogP contribution in [0.5, 0.6) is 0 Å². The average molecular weight is 916 g/mol. The van der Waals surface area contributed by atoms with Crippen LogP contribution in [0.4, 0.5) is 0 Å². The zero-order chi connectivity index (χ0) is 47.2. The van der Waals surface area contributed by atoms with E-state index in [2.05, 4.69) is 45.1 Å². The first-order valence-corrected chi connectivity index (χ1v) is 28.8. The molecule has 0 aliphatic carbocycles. The number of carbonyl (C=O) groups is 3. The molecule has 0 saturated heterocycles. The van der Waals surface area contributed by atoms with Crippen LogP contribution in [0.1, 0.15) is 316 Å². The lowest BCUT2D eigenvalue weighted by molar-refractivity contribution is -0.167. The minimum atomic E-state index is -0.772. The lowest BCUT2D eigenvalue weighted by atomic mass is 10.0. The molecule has 0 spiro atoms. The van der Waals surface area contributed by atoms with E-state index in [1.807, 2.05) is 0 Å². The average Bonchev–Trinajstić information content (AvgIpc) is 3.30. The summed E-state index contributed by atoms with van der Waals surface area (Å²) in [6.45, 7) is 6.66. The van der Waals surface area contributed by atoms with Gasteiger partial charge in [0.2, 0.25) is 0 Å². The number of carbonyl (C=O) groups excluding carboxylic acids is 3. The van der Waals surface area contributed by atoms with E-state index in [4.69, 9.17) is 14.2 Å². The molecular formula is C59H110O6. The number of unbranched alkanes of at least 4 members (excludes halogenated alkanes) is 38. The molecule has 0 N–H and O–H groups in total. The highest BCUT2D eigenvalue weighted by Crippen LogP contribution is 2.17. The second-order valence-corrected chi connectivity index (χ2v) is 19.6. The standard InChI is InChI=1S/C59H110O6/c1-4-7-10-13-16-19-22-25-27-29-31-34-37-40-43-46-49-52-58(61)64-55-56(54-63-57(60)51-48-45-42-39-36-33-24-21-18-15-12-9-6-3)65-59(62)53-50-47-44-41-38-35-32-30-28-26-23-20-17-14-11-8-5-2/h21,24-25,27,56H,4-20,22-23,26,28-55H2,1-3H3/b24-21-,27-25-/t56-/m0/s1. The molecule has 0 aliphatic rings. The van der Waals surface area contributed by atoms with E-state index in [9.17, 15) is 14.4 Å². The Bertz CT molecular complexity index is 1050. The topological polar surface area (TPSA) is 78.9 Å². The van der Waals surface area contributed by atoms with Crippen LogP contribution >= 0.6 is 0 Å². The van der Waals surface area contributed by atoms with Gasteiger partial charge in [0.1, 0.15) is 13.2 Å². The number of allylic oxidation sites excluding steroid dienone is 4. The van der Waals surface area contributed by atoms with Crippen molar-refractivity contribution in [1.82, 2.24) is 0 Å². The molecule has 6 nitrogen and oxygen atoms in total. The quantitative estimate of drug-likeness (QED) is 0.0262. The highest BCUT2D eigenvalue weighted by Gasteiger charge is 2.19. The van der Waals surface area contributed by atoms with Crippen LogP contribution in [0.25, 0.3) is 0 Å². The van der Waals surface area contributed by atoms with Gasteiger partial charge >= 0.3 is 17.9 Å². The van der Waals surface area contributed by atoms with Crippen LogP contribution in [0, 0.1) is 0 Å². The number of rotatable bonds is 53. The Morgan fingerprint density at radius 1 is 0.292 bits per heavy atom. The van der Waals surface area contributed by atoms with Crippen molar-refractivity contribution in [2.45, 2.75) is 322 Å². The Morgan fingerprint density at radius 3 is 0.785 bits per heavy atom. The third-order valence-electron chi connectivity index (χ3n) is 12.9. The van der Waals surface area contributed by atoms with Crippen molar-refractivity contribution in [3.05, 3.63) is 24.3 Å². The summed E-state index contributed by atoms with van der Waals surface area (Å²) in [6.07, 6.45) is 63.1. The summed E-state index contributed by atoms with van der Waals surface area (Å²) >= 11 is 0. The smallest absolute Gasteiger partial charge is 0.306 e. The van der Waals surface area contributed by atoms with E-state index >= 15 is 0 Å². The third kappa shape index (κ3) is 52.7. The minimum absolute atomic E-state index is 0.0719. The largest absolute Gasteiger partial charge is 0.462 e. The SMILES string of the molecule is CCCCCC/C=C\CCCCCCCC(=O)OC[C@@H](COC(=O)CCCCCCCCC/C=C\CCCCCCCC)OC(=O)CCCCCCCCCCCCCCCCCCC. The van der Waals surface area contributed by atoms with E-state index in [1.54, 1.807) is 0 Å². The Balaban J connectivity index is 4.33. The molecule has 0 amide bonds. The Kier molecular flexibility index (Phi) is 52.7. The first-order valence-electron chi connectivity index (χ1n) is 28.8. The van der Waals surface area contributed by atoms with E-state index in [0.29, 0.717) is 19.3 Å². The molecule has 382 valence electrons. The molecule has 0 bridgehead atoms. The van der Waals surface area contributed by atoms with Gasteiger partial charge in [-0.2, -0.15) is 0 Å². The number of esters is 3. The summed E-state index contributed by atoms with van der Waals surface area (Å²) in [7, 11) is 0. The Hall–Kier alpha value is -2.11. The van der Waals surface area contributed by atoms with Gasteiger partial charge in [-0.3, -0.25) is 14.4 Å². The first kappa shape index (κ1) is 62.9. The Morgan fingerprint density at radius 2 is 0.508 bits per heavy atom. The van der Waals surface area contributed by atoms with Crippen LogP contribution in [-0.4, -0.2) is 37.2 Å². The maximum absolute atomic E-state index is 12.8. The number of hydrogen-bond donors (Lipinski definition) is 0. The van der Waals surface area contributed by atoms with Crippen LogP contribution < -0.4 is 0 Å². The molecule has 0 saturated carbocycles. The van der Waals surface area contributed by atoms with Crippen LogP contribution in [0.15, 0.2) is 24.3 Å². The second-order valence-electron chi connectivity index (χ2n) is 19.6. The number of ether oxygens (including phenoxy) is 3. The molecule has 0 unspecified atom stereocenters. The van der Waals surface area contributed by atoms with Crippen LogP contribution in [-0.2, 0) is 28.6 Å². The van der Waals surface area contributed by atoms with Gasteiger partial charge in [0.25, 0.3) is 0 Å². The maximum atomic E-state index is 12.8. The van der Waals surface area contributed by atoms with Gasteiger partial charge < -0.3 is 14.2 Å². The van der Waals surface area contributed by atoms with E-state index in [0.717, 1.165) is 64.2 Å². The molecule has 0 aliphatic heterocycles. The van der Waals surface area contributed by atoms with Crippen molar-refractivity contribution in [3.8, 4) is 0 Å². The molecule has 0 heterocycles. The van der Waals surface area contributed by atoms with E-state index in [1.165, 1.54) is 212 Å². The van der Waals surface area contributed by atoms with Crippen LogP contribution in [0.3, 0.4) is 0 Å². The van der Waals surface area contributed by atoms with Gasteiger partial charge in [-0.1, -0.05) is 251 Å². The van der Waals surface area contributed by atoms with E-state index in [-0.39, 0.29) is 31.1 Å². The lowest BCUT2D eigenvalue weighted by Crippen LogP contribution is -2.30. The highest BCUT2D eigenvalue weighted by molar-refractivity contribution is 5.71. The van der Waals surface area contributed by atoms with Gasteiger partial charge in [0.15, 0.2) is 6.10 Å². The summed E-state index contributed by atoms with van der Waals surface area (Å²) in [5.41, 5.74) is 0. The molecule has 0 aromatic carbocycles. The summed E-state index contributed by atoms with van der Waals surface area (Å²) < 4.78 is 16.9. The molecule has 1 atom stereocenters. The van der Waals surface area contributed by atoms with Gasteiger partial charge in [-0.15, -0.1) is 0 Å². The van der Waals surface area contributed by atoms with Crippen molar-refractivity contribution in [2.75, 3.05) is 13.2 Å². The maximum Gasteiger partial charge on any atom is 0.306 e. The van der Waals surface area contributed by atoms with Crippen molar-refractivity contribution in [1.29, 1.82) is 0 Å². The zero-order valence-corrected chi connectivity index (χ0v) is 43.8. The predicted molar refractivity (Wildman–Crippen MR) is 279 cm³/mol. The predicted octanol–water partition coefficient (Wildman–Crippen LogP) is 19.1. The van der Waals surface area contributed by atoms with Crippen LogP contribution in [0.2, 0.25) is 0 Å². The molecular weight excluding hydrogens is 805 g/mol. The fraction of sp³-hybridized carbons (Fsp3) is 0.881. The zero-order valence-electron chi connectivity index (χ0n) is 43.8. The molecule has 0 radical (unpaired) electrons. The molecule has 0 aromatic heterocycles. The third-order valence-corrected chi connectivity index (χ3v) is 12.9. The second kappa shape index (κ2) is 54.5. The van der Waals surface area contributed by atoms with E-state index < -0.39 is 6.10 Å². The fourth-order valence-electron chi connectivity index (χ4n) is 8.55. The van der Waals surface area contributed by atoms with Gasteiger partial charge in [-0.05, 0) is 70.6 Å². The van der Waals surface area contributed by atoms with Gasteiger partial charge in [0, 0.05) is 19.3 Å². The number of hydrogen-bond acceptors (Lipinski definition) is 6. The highest BCUT2D eigenvalue weighted by atomic mass is 16.6. The summed E-state index contributed by atoms with van der Waals surface area (Å²) in [5, 5.41) is 0. The lowest BCUT2D eigenvalue weighted by Gasteiger charge is -2.18. The fourth-order valence-corrected chi connectivity index (χ4v) is 8.55. The van der Waals surface area contributed by atoms with Crippen molar-refractivity contribution in [2.24, 2.45) is 0 Å². The summed E-state index contributed by atoms with van der Waals surface area (Å²) in [6, 6.07) is 0. The Labute approximate surface area is 404 Å². The molecule has 6 heteroatoms. The normalized spacial score (nSPS) is 12.1. The van der Waals surface area contributed by atoms with Gasteiger partial charge in [0.05, 0.1) is 0 Å². The monoisotopic (exact) mass is 915 g/mol. The molecule has 0 aromatic rings. The summed E-state index contributed by atoms with van der Waals surface area (Å²) in [4.78, 5) is 38.1. The first-order chi connectivity index (χ1) is 32.0. The van der Waals surface area contributed by atoms with Crippen molar-refractivity contribution >= 4 is 17.9 Å². The molecule has 65 heavy (non-hydrogen) atoms. The van der Waals surface area contributed by atoms with Crippen molar-refractivity contribution < 1.29 is 28.6 Å². The minimum Gasteiger partial charge on any atom is -0.462 e. The summed E-state index contributed by atoms with van der Waals surface area (Å²) in [5.74, 6) is -0.865. The van der Waals surface area contributed by atoms with Crippen molar-refractivity contribution in [3.63, 3.8) is 0 Å². The van der Waals surface area contributed by atoms with Gasteiger partial charge in [-0.25, -0.2) is 0 Å². The molecule has 0 rings (SSSR count). The molecule has 0 fully saturated rings.